The Morgan fingerprint density at radius 3 is 1.00 bits per heavy atom. The highest BCUT2D eigenvalue weighted by molar-refractivity contribution is 7.97. The Hall–Kier alpha value is -3.31. The van der Waals surface area contributed by atoms with Crippen LogP contribution in [0.1, 0.15) is 0 Å². The van der Waals surface area contributed by atoms with Crippen molar-refractivity contribution < 1.29 is 67.8 Å². The summed E-state index contributed by atoms with van der Waals surface area (Å²) in [4.78, 5) is 3.15. The second-order valence-electron chi connectivity index (χ2n) is 7.41. The van der Waals surface area contributed by atoms with E-state index in [1.165, 1.54) is 0 Å². The number of halogens is 9. The lowest BCUT2D eigenvalue weighted by atomic mass is 10.1. The molecule has 0 radical (unpaired) electrons. The van der Waals surface area contributed by atoms with Gasteiger partial charge in [-0.3, -0.25) is 0 Å². The normalized spacial score (nSPS) is 13.1. The van der Waals surface area contributed by atoms with Crippen molar-refractivity contribution in [3.05, 3.63) is 72.8 Å². The Bertz CT molecular complexity index is 1250. The fourth-order valence-electron chi connectivity index (χ4n) is 2.67. The summed E-state index contributed by atoms with van der Waals surface area (Å²) >= 11 is 0. The molecule has 3 aromatic rings. The van der Waals surface area contributed by atoms with E-state index in [-0.39, 0.29) is 28.1 Å². The standard InChI is InChI=1S/C18H14O3S.C4HF9O3S/c19-13-1-7-16(8-2-13)22(17-9-3-14(20)4-10-17)18-11-5-15(21)6-12-18;5-1(6,3(9,10)11)2(7,8)4(12,13)17(14,15)16/h1-12H,(H2-,19,20,21);(H,14,15,16). The molecular weight excluding hydrogens is 595 g/mol. The minimum Gasteiger partial charge on any atom is -0.743 e. The van der Waals surface area contributed by atoms with Crippen LogP contribution in [0.5, 0.6) is 17.2 Å². The molecule has 6 nitrogen and oxygen atoms in total. The minimum absolute atomic E-state index is 0.226. The molecule has 0 unspecified atom stereocenters. The van der Waals surface area contributed by atoms with E-state index in [1.807, 2.05) is 36.4 Å². The van der Waals surface area contributed by atoms with Gasteiger partial charge in [-0.2, -0.15) is 39.5 Å². The molecule has 214 valence electrons. The van der Waals surface area contributed by atoms with Crippen molar-refractivity contribution in [2.45, 2.75) is 38.0 Å². The Kier molecular flexibility index (Phi) is 9.04. The molecule has 39 heavy (non-hydrogen) atoms. The summed E-state index contributed by atoms with van der Waals surface area (Å²) in [6.07, 6.45) is -7.16. The van der Waals surface area contributed by atoms with E-state index in [0.29, 0.717) is 0 Å². The average molecular weight is 610 g/mol. The second kappa shape index (κ2) is 11.1. The van der Waals surface area contributed by atoms with Crippen LogP contribution in [0.15, 0.2) is 87.5 Å². The molecule has 0 amide bonds. The van der Waals surface area contributed by atoms with Gasteiger partial charge in [0.2, 0.25) is 0 Å². The van der Waals surface area contributed by atoms with E-state index < -0.39 is 33.4 Å². The molecule has 0 aliphatic carbocycles. The van der Waals surface area contributed by atoms with Gasteiger partial charge in [-0.1, -0.05) is 0 Å². The van der Waals surface area contributed by atoms with E-state index >= 15 is 0 Å². The highest BCUT2D eigenvalue weighted by Gasteiger charge is 2.83. The van der Waals surface area contributed by atoms with Crippen LogP contribution >= 0.6 is 0 Å². The predicted octanol–water partition coefficient (Wildman–Crippen LogP) is 5.86. The summed E-state index contributed by atoms with van der Waals surface area (Å²) in [5.41, 5.74) is 0. The predicted molar refractivity (Wildman–Crippen MR) is 117 cm³/mol. The van der Waals surface area contributed by atoms with Crippen LogP contribution in [-0.4, -0.2) is 51.6 Å². The molecule has 0 atom stereocenters. The Morgan fingerprint density at radius 1 is 0.538 bits per heavy atom. The maximum atomic E-state index is 12.2. The van der Waals surface area contributed by atoms with Crippen molar-refractivity contribution in [3.63, 3.8) is 0 Å². The molecule has 0 heterocycles. The van der Waals surface area contributed by atoms with Gasteiger partial charge in [-0.15, -0.1) is 0 Å². The van der Waals surface area contributed by atoms with Crippen molar-refractivity contribution in [1.82, 2.24) is 0 Å². The van der Waals surface area contributed by atoms with Crippen LogP contribution in [0.4, 0.5) is 39.5 Å². The number of hydrogen-bond acceptors (Lipinski definition) is 6. The number of hydrogen-bond donors (Lipinski definition) is 3. The molecule has 0 aliphatic heterocycles. The molecule has 0 spiro atoms. The maximum absolute atomic E-state index is 12.2. The van der Waals surface area contributed by atoms with Gasteiger partial charge in [-0.05, 0) is 72.8 Å². The lowest BCUT2D eigenvalue weighted by Crippen LogP contribution is -2.63. The Morgan fingerprint density at radius 2 is 0.795 bits per heavy atom. The van der Waals surface area contributed by atoms with Crippen LogP contribution in [0.25, 0.3) is 0 Å². The first-order valence-electron chi connectivity index (χ1n) is 9.90. The third kappa shape index (κ3) is 6.65. The van der Waals surface area contributed by atoms with Crippen molar-refractivity contribution in [2.75, 3.05) is 0 Å². The third-order valence-electron chi connectivity index (χ3n) is 4.65. The van der Waals surface area contributed by atoms with E-state index in [9.17, 15) is 67.8 Å². The molecule has 17 heteroatoms. The summed E-state index contributed by atoms with van der Waals surface area (Å²) in [5, 5.41) is 21.4. The molecule has 3 aromatic carbocycles. The number of benzene rings is 3. The molecule has 0 aliphatic rings. The van der Waals surface area contributed by atoms with Gasteiger partial charge in [0.25, 0.3) is 0 Å². The number of phenolic OH excluding ortho intramolecular Hbond substituents is 3. The molecular formula is C22H15F9O6S2. The zero-order valence-corrected chi connectivity index (χ0v) is 20.3. The summed E-state index contributed by atoms with van der Waals surface area (Å²) in [5.74, 6) is -14.1. The first-order chi connectivity index (χ1) is 17.6. The molecule has 0 fully saturated rings. The number of rotatable bonds is 6. The molecule has 0 saturated carbocycles. The number of aromatic hydroxyl groups is 3. The smallest absolute Gasteiger partial charge is 0.460 e. The topological polar surface area (TPSA) is 118 Å². The van der Waals surface area contributed by atoms with Gasteiger partial charge in [-0.25, -0.2) is 8.42 Å². The minimum atomic E-state index is -7.43. The van der Waals surface area contributed by atoms with Crippen LogP contribution in [0, 0.1) is 0 Å². The van der Waals surface area contributed by atoms with Gasteiger partial charge < -0.3 is 19.9 Å². The van der Waals surface area contributed by atoms with Crippen LogP contribution in [0.2, 0.25) is 0 Å². The number of phenols is 3. The number of alkyl halides is 9. The highest BCUT2D eigenvalue weighted by Crippen LogP contribution is 2.54. The third-order valence-corrected chi connectivity index (χ3v) is 7.76. The van der Waals surface area contributed by atoms with E-state index in [1.54, 1.807) is 36.4 Å². The van der Waals surface area contributed by atoms with Crippen molar-refractivity contribution in [1.29, 1.82) is 0 Å². The molecule has 0 aromatic heterocycles. The molecule has 3 N–H and O–H groups in total. The van der Waals surface area contributed by atoms with Crippen LogP contribution in [-0.2, 0) is 21.0 Å². The second-order valence-corrected chi connectivity index (χ2v) is 10.9. The van der Waals surface area contributed by atoms with E-state index in [0.717, 1.165) is 14.7 Å². The SMILES string of the molecule is O=S(=O)([O-])C(F)(F)C(F)(F)C(F)(F)C(F)(F)F.Oc1ccc([S+](c2ccc(O)cc2)c2ccc(O)cc2)cc1. The zero-order chi connectivity index (χ0) is 30.0. The largest absolute Gasteiger partial charge is 0.743 e. The van der Waals surface area contributed by atoms with E-state index in [4.69, 9.17) is 0 Å². The lowest BCUT2D eigenvalue weighted by molar-refractivity contribution is -0.382. The van der Waals surface area contributed by atoms with E-state index in [2.05, 4.69) is 0 Å². The lowest BCUT2D eigenvalue weighted by Gasteiger charge is -2.34. The van der Waals surface area contributed by atoms with Gasteiger partial charge in [0, 0.05) is 0 Å². The summed E-state index contributed by atoms with van der Waals surface area (Å²) in [6.45, 7) is 0. The summed E-state index contributed by atoms with van der Waals surface area (Å²) < 4.78 is 135. The van der Waals surface area contributed by atoms with Gasteiger partial charge in [0.1, 0.15) is 17.2 Å². The maximum Gasteiger partial charge on any atom is 0.460 e. The van der Waals surface area contributed by atoms with Gasteiger partial charge >= 0.3 is 23.3 Å². The highest BCUT2D eigenvalue weighted by atomic mass is 32.2. The van der Waals surface area contributed by atoms with Gasteiger partial charge in [0.05, 0.1) is 10.9 Å². The monoisotopic (exact) mass is 610 g/mol. The summed E-state index contributed by atoms with van der Waals surface area (Å²) in [6, 6.07) is 21.3. The van der Waals surface area contributed by atoms with Gasteiger partial charge in [0.15, 0.2) is 24.8 Å². The van der Waals surface area contributed by atoms with Crippen molar-refractivity contribution in [2.24, 2.45) is 0 Å². The first-order valence-corrected chi connectivity index (χ1v) is 12.5. The zero-order valence-electron chi connectivity index (χ0n) is 18.7. The molecule has 0 bridgehead atoms. The Labute approximate surface area is 217 Å². The summed E-state index contributed by atoms with van der Waals surface area (Å²) in [7, 11) is -7.79. The average Bonchev–Trinajstić information content (AvgIpc) is 2.81. The molecule has 0 saturated heterocycles. The van der Waals surface area contributed by atoms with Crippen LogP contribution < -0.4 is 0 Å². The van der Waals surface area contributed by atoms with Crippen LogP contribution in [0.3, 0.4) is 0 Å². The van der Waals surface area contributed by atoms with Crippen molar-refractivity contribution in [3.8, 4) is 17.2 Å². The Balaban J connectivity index is 0.000000285. The fraction of sp³-hybridized carbons (Fsp3) is 0.182. The van der Waals surface area contributed by atoms with Crippen molar-refractivity contribution >= 4 is 21.0 Å². The molecule has 3 rings (SSSR count). The fourth-order valence-corrected chi connectivity index (χ4v) is 5.16. The first kappa shape index (κ1) is 31.9. The quantitative estimate of drug-likeness (QED) is 0.183.